The third kappa shape index (κ3) is 4.40. The van der Waals surface area contributed by atoms with Crippen LogP contribution in [-0.4, -0.2) is 6.54 Å². The van der Waals surface area contributed by atoms with E-state index in [1.54, 1.807) is 6.26 Å². The summed E-state index contributed by atoms with van der Waals surface area (Å²) in [6, 6.07) is 2.39. The minimum Gasteiger partial charge on any atom is -0.472 e. The van der Waals surface area contributed by atoms with Gasteiger partial charge in [-0.15, -0.1) is 0 Å². The van der Waals surface area contributed by atoms with E-state index in [0.29, 0.717) is 11.5 Å². The zero-order chi connectivity index (χ0) is 12.2. The Morgan fingerprint density at radius 2 is 2.00 bits per heavy atom. The summed E-state index contributed by atoms with van der Waals surface area (Å²) >= 11 is 0. The lowest BCUT2D eigenvalue weighted by Gasteiger charge is -2.28. The predicted molar refractivity (Wildman–Crippen MR) is 68.4 cm³/mol. The molecule has 1 atom stereocenters. The van der Waals surface area contributed by atoms with Gasteiger partial charge in [-0.2, -0.15) is 0 Å². The van der Waals surface area contributed by atoms with Crippen molar-refractivity contribution in [3.05, 3.63) is 24.2 Å². The SMILES string of the molecule is CC(C)CC(C)(C)CNC(C)c1ccoc1. The smallest absolute Gasteiger partial charge is 0.0950 e. The van der Waals surface area contributed by atoms with Crippen LogP contribution >= 0.6 is 0 Å². The van der Waals surface area contributed by atoms with E-state index in [9.17, 15) is 0 Å². The van der Waals surface area contributed by atoms with E-state index in [-0.39, 0.29) is 0 Å². The third-order valence-electron chi connectivity index (χ3n) is 2.89. The highest BCUT2D eigenvalue weighted by Gasteiger charge is 2.20. The fourth-order valence-electron chi connectivity index (χ4n) is 2.25. The molecule has 0 aliphatic carbocycles. The average Bonchev–Trinajstić information content (AvgIpc) is 2.64. The van der Waals surface area contributed by atoms with Crippen molar-refractivity contribution in [1.82, 2.24) is 5.32 Å². The Balaban J connectivity index is 2.39. The molecule has 1 rings (SSSR count). The maximum absolute atomic E-state index is 5.09. The van der Waals surface area contributed by atoms with Crippen LogP contribution in [0, 0.1) is 11.3 Å². The normalized spacial score (nSPS) is 14.4. The van der Waals surface area contributed by atoms with Crippen molar-refractivity contribution < 1.29 is 4.42 Å². The molecular formula is C14H25NO. The van der Waals surface area contributed by atoms with Gasteiger partial charge in [-0.1, -0.05) is 27.7 Å². The fourth-order valence-corrected chi connectivity index (χ4v) is 2.25. The van der Waals surface area contributed by atoms with E-state index < -0.39 is 0 Å². The zero-order valence-electron chi connectivity index (χ0n) is 11.2. The molecular weight excluding hydrogens is 198 g/mol. The summed E-state index contributed by atoms with van der Waals surface area (Å²) in [7, 11) is 0. The molecule has 0 amide bonds. The first-order valence-corrected chi connectivity index (χ1v) is 6.16. The van der Waals surface area contributed by atoms with Crippen LogP contribution in [0.2, 0.25) is 0 Å². The third-order valence-corrected chi connectivity index (χ3v) is 2.89. The first-order chi connectivity index (χ1) is 7.41. The maximum Gasteiger partial charge on any atom is 0.0950 e. The number of rotatable bonds is 6. The monoisotopic (exact) mass is 223 g/mol. The van der Waals surface area contributed by atoms with Gasteiger partial charge < -0.3 is 9.73 Å². The van der Waals surface area contributed by atoms with E-state index in [1.807, 2.05) is 12.3 Å². The summed E-state index contributed by atoms with van der Waals surface area (Å²) < 4.78 is 5.09. The summed E-state index contributed by atoms with van der Waals surface area (Å²) in [5, 5.41) is 3.57. The summed E-state index contributed by atoms with van der Waals surface area (Å²) in [4.78, 5) is 0. The number of nitrogens with one attached hydrogen (secondary N) is 1. The van der Waals surface area contributed by atoms with E-state index in [0.717, 1.165) is 12.5 Å². The lowest BCUT2D eigenvalue weighted by atomic mass is 9.84. The molecule has 1 unspecified atom stereocenters. The Labute approximate surface area is 99.4 Å². The first kappa shape index (κ1) is 13.3. The number of hydrogen-bond acceptors (Lipinski definition) is 2. The Bertz CT molecular complexity index is 288. The maximum atomic E-state index is 5.09. The van der Waals surface area contributed by atoms with Crippen LogP contribution in [0.25, 0.3) is 0 Å². The van der Waals surface area contributed by atoms with Crippen molar-refractivity contribution in [3.63, 3.8) is 0 Å². The van der Waals surface area contributed by atoms with Gasteiger partial charge in [-0.25, -0.2) is 0 Å². The van der Waals surface area contributed by atoms with Crippen molar-refractivity contribution in [1.29, 1.82) is 0 Å². The molecule has 0 radical (unpaired) electrons. The molecule has 1 N–H and O–H groups in total. The van der Waals surface area contributed by atoms with Gasteiger partial charge in [-0.3, -0.25) is 0 Å². The lowest BCUT2D eigenvalue weighted by molar-refractivity contribution is 0.264. The molecule has 0 fully saturated rings. The molecule has 1 heterocycles. The molecule has 0 aliphatic rings. The van der Waals surface area contributed by atoms with Gasteiger partial charge in [0.15, 0.2) is 0 Å². The molecule has 0 spiro atoms. The largest absolute Gasteiger partial charge is 0.472 e. The van der Waals surface area contributed by atoms with Gasteiger partial charge in [0.05, 0.1) is 12.5 Å². The molecule has 0 aliphatic heterocycles. The topological polar surface area (TPSA) is 25.2 Å². The first-order valence-electron chi connectivity index (χ1n) is 6.16. The molecule has 0 aromatic carbocycles. The summed E-state index contributed by atoms with van der Waals surface area (Å²) in [5.41, 5.74) is 1.58. The van der Waals surface area contributed by atoms with Crippen molar-refractivity contribution >= 4 is 0 Å². The van der Waals surface area contributed by atoms with E-state index >= 15 is 0 Å². The van der Waals surface area contributed by atoms with E-state index in [2.05, 4.69) is 39.9 Å². The fraction of sp³-hybridized carbons (Fsp3) is 0.714. The minimum atomic E-state index is 0.353. The zero-order valence-corrected chi connectivity index (χ0v) is 11.2. The minimum absolute atomic E-state index is 0.353. The standard InChI is InChI=1S/C14H25NO/c1-11(2)8-14(4,5)10-15-12(3)13-6-7-16-9-13/h6-7,9,11-12,15H,8,10H2,1-5H3. The number of hydrogen-bond donors (Lipinski definition) is 1. The van der Waals surface area contributed by atoms with Crippen molar-refractivity contribution in [3.8, 4) is 0 Å². The van der Waals surface area contributed by atoms with Crippen LogP contribution in [0.5, 0.6) is 0 Å². The highest BCUT2D eigenvalue weighted by Crippen LogP contribution is 2.25. The molecule has 2 heteroatoms. The summed E-state index contributed by atoms with van der Waals surface area (Å²) in [5.74, 6) is 0.751. The van der Waals surface area contributed by atoms with Gasteiger partial charge in [-0.05, 0) is 30.7 Å². The Morgan fingerprint density at radius 1 is 1.31 bits per heavy atom. The highest BCUT2D eigenvalue weighted by molar-refractivity contribution is 5.10. The van der Waals surface area contributed by atoms with E-state index in [4.69, 9.17) is 4.42 Å². The van der Waals surface area contributed by atoms with Gasteiger partial charge in [0.2, 0.25) is 0 Å². The summed E-state index contributed by atoms with van der Waals surface area (Å²) in [6.45, 7) is 12.4. The van der Waals surface area contributed by atoms with Gasteiger partial charge in [0.1, 0.15) is 0 Å². The predicted octanol–water partition coefficient (Wildman–Crippen LogP) is 4.00. The van der Waals surface area contributed by atoms with Crippen LogP contribution in [0.15, 0.2) is 23.0 Å². The van der Waals surface area contributed by atoms with Crippen molar-refractivity contribution in [2.24, 2.45) is 11.3 Å². The van der Waals surface area contributed by atoms with Crippen LogP contribution in [0.4, 0.5) is 0 Å². The highest BCUT2D eigenvalue weighted by atomic mass is 16.3. The molecule has 1 aromatic rings. The molecule has 1 aromatic heterocycles. The Kier molecular flexibility index (Phi) is 4.60. The molecule has 2 nitrogen and oxygen atoms in total. The lowest BCUT2D eigenvalue weighted by Crippen LogP contribution is -2.32. The van der Waals surface area contributed by atoms with Crippen molar-refractivity contribution in [2.75, 3.05) is 6.54 Å². The molecule has 0 bridgehead atoms. The average molecular weight is 223 g/mol. The van der Waals surface area contributed by atoms with Gasteiger partial charge >= 0.3 is 0 Å². The molecule has 92 valence electrons. The number of furan rings is 1. The second kappa shape index (κ2) is 5.53. The second-order valence-corrected chi connectivity index (χ2v) is 5.92. The molecule has 16 heavy (non-hydrogen) atoms. The Morgan fingerprint density at radius 3 is 2.50 bits per heavy atom. The quantitative estimate of drug-likeness (QED) is 0.788. The van der Waals surface area contributed by atoms with E-state index in [1.165, 1.54) is 12.0 Å². The van der Waals surface area contributed by atoms with Crippen molar-refractivity contribution in [2.45, 2.75) is 47.1 Å². The second-order valence-electron chi connectivity index (χ2n) is 5.92. The van der Waals surface area contributed by atoms with Crippen LogP contribution < -0.4 is 5.32 Å². The molecule has 0 saturated heterocycles. The van der Waals surface area contributed by atoms with Gasteiger partial charge in [0.25, 0.3) is 0 Å². The Hall–Kier alpha value is -0.760. The summed E-state index contributed by atoms with van der Waals surface area (Å²) in [6.07, 6.45) is 4.79. The van der Waals surface area contributed by atoms with Crippen LogP contribution in [-0.2, 0) is 0 Å². The van der Waals surface area contributed by atoms with Gasteiger partial charge in [0, 0.05) is 18.2 Å². The van der Waals surface area contributed by atoms with Crippen LogP contribution in [0.3, 0.4) is 0 Å². The van der Waals surface area contributed by atoms with Crippen LogP contribution in [0.1, 0.15) is 52.6 Å². The molecule has 0 saturated carbocycles.